The van der Waals surface area contributed by atoms with Gasteiger partial charge in [0.25, 0.3) is 0 Å². The molecular weight excluding hydrogens is 525 g/mol. The van der Waals surface area contributed by atoms with E-state index >= 15 is 0 Å². The number of aliphatic imine (C=N–C) groups is 1. The number of hydrogen-bond donors (Lipinski definition) is 2. The molecule has 0 aliphatic carbocycles. The van der Waals surface area contributed by atoms with Crippen molar-refractivity contribution in [1.82, 2.24) is 30.2 Å². The lowest BCUT2D eigenvalue weighted by atomic mass is 10.1. The van der Waals surface area contributed by atoms with E-state index in [1.807, 2.05) is 46.7 Å². The van der Waals surface area contributed by atoms with Crippen LogP contribution in [0.2, 0.25) is 0 Å². The Morgan fingerprint density at radius 2 is 1.61 bits per heavy atom. The fourth-order valence-electron chi connectivity index (χ4n) is 3.78. The Bertz CT molecular complexity index is 1180. The highest BCUT2D eigenvalue weighted by atomic mass is 127. The molecule has 2 aromatic carbocycles. The summed E-state index contributed by atoms with van der Waals surface area (Å²) < 4.78 is 3.93. The Labute approximate surface area is 212 Å². The molecule has 0 spiro atoms. The van der Waals surface area contributed by atoms with Crippen molar-refractivity contribution >= 4 is 29.9 Å². The van der Waals surface area contributed by atoms with Crippen LogP contribution in [0.3, 0.4) is 0 Å². The molecule has 4 aromatic rings. The molecule has 0 bridgehead atoms. The zero-order chi connectivity index (χ0) is 22.3. The SMILES string of the molecule is CN=C(NCc1ccccc1Cn1cccn1)NCc1c(C)nn(-c2ccccc2)c1C.I. The topological polar surface area (TPSA) is 72.1 Å². The van der Waals surface area contributed by atoms with Crippen LogP contribution in [0.1, 0.15) is 28.1 Å². The van der Waals surface area contributed by atoms with Crippen LogP contribution >= 0.6 is 24.0 Å². The molecule has 33 heavy (non-hydrogen) atoms. The first-order valence-corrected chi connectivity index (χ1v) is 10.7. The van der Waals surface area contributed by atoms with Crippen LogP contribution in [0.4, 0.5) is 0 Å². The molecule has 4 rings (SSSR count). The van der Waals surface area contributed by atoms with Gasteiger partial charge in [0, 0.05) is 43.8 Å². The summed E-state index contributed by atoms with van der Waals surface area (Å²) in [5.41, 5.74) is 6.83. The van der Waals surface area contributed by atoms with Gasteiger partial charge in [0.2, 0.25) is 0 Å². The third kappa shape index (κ3) is 6.01. The molecule has 2 aromatic heterocycles. The van der Waals surface area contributed by atoms with Gasteiger partial charge in [-0.05, 0) is 43.2 Å². The minimum Gasteiger partial charge on any atom is -0.352 e. The third-order valence-corrected chi connectivity index (χ3v) is 5.55. The van der Waals surface area contributed by atoms with Crippen molar-refractivity contribution in [2.24, 2.45) is 4.99 Å². The number of guanidine groups is 1. The summed E-state index contributed by atoms with van der Waals surface area (Å²) in [5.74, 6) is 0.755. The molecule has 0 aliphatic heterocycles. The first kappa shape index (κ1) is 24.5. The maximum absolute atomic E-state index is 4.73. The van der Waals surface area contributed by atoms with Crippen LogP contribution in [0, 0.1) is 13.8 Å². The first-order chi connectivity index (χ1) is 15.7. The number of aryl methyl sites for hydroxylation is 1. The van der Waals surface area contributed by atoms with E-state index < -0.39 is 0 Å². The van der Waals surface area contributed by atoms with E-state index in [2.05, 4.69) is 64.0 Å². The van der Waals surface area contributed by atoms with Gasteiger partial charge < -0.3 is 10.6 Å². The Balaban J connectivity index is 0.00000306. The van der Waals surface area contributed by atoms with Crippen LogP contribution in [0.15, 0.2) is 78.0 Å². The van der Waals surface area contributed by atoms with Crippen LogP contribution in [-0.2, 0) is 19.6 Å². The number of aromatic nitrogens is 4. The van der Waals surface area contributed by atoms with Crippen molar-refractivity contribution in [3.63, 3.8) is 0 Å². The molecule has 0 amide bonds. The van der Waals surface area contributed by atoms with Crippen LogP contribution in [0.5, 0.6) is 0 Å². The van der Waals surface area contributed by atoms with Gasteiger partial charge in [-0.3, -0.25) is 9.67 Å². The maximum atomic E-state index is 4.73. The molecule has 0 saturated carbocycles. The van der Waals surface area contributed by atoms with Gasteiger partial charge in [-0.2, -0.15) is 10.2 Å². The lowest BCUT2D eigenvalue weighted by Crippen LogP contribution is -2.36. The monoisotopic (exact) mass is 555 g/mol. The highest BCUT2D eigenvalue weighted by Crippen LogP contribution is 2.17. The van der Waals surface area contributed by atoms with Crippen molar-refractivity contribution in [3.8, 4) is 5.69 Å². The van der Waals surface area contributed by atoms with E-state index in [9.17, 15) is 0 Å². The molecule has 172 valence electrons. The Hall–Kier alpha value is -3.14. The molecule has 0 unspecified atom stereocenters. The predicted molar refractivity (Wildman–Crippen MR) is 143 cm³/mol. The zero-order valence-corrected chi connectivity index (χ0v) is 21.5. The molecule has 8 heteroatoms. The number of halogens is 1. The van der Waals surface area contributed by atoms with Crippen molar-refractivity contribution in [1.29, 1.82) is 0 Å². The lowest BCUT2D eigenvalue weighted by Gasteiger charge is -2.15. The smallest absolute Gasteiger partial charge is 0.191 e. The summed E-state index contributed by atoms with van der Waals surface area (Å²) in [6.45, 7) is 6.22. The average Bonchev–Trinajstić information content (AvgIpc) is 3.43. The van der Waals surface area contributed by atoms with E-state index in [0.29, 0.717) is 13.1 Å². The van der Waals surface area contributed by atoms with Crippen molar-refractivity contribution < 1.29 is 0 Å². The predicted octanol–water partition coefficient (Wildman–Crippen LogP) is 4.22. The number of para-hydroxylation sites is 1. The largest absolute Gasteiger partial charge is 0.352 e. The molecule has 0 atom stereocenters. The fraction of sp³-hybridized carbons (Fsp3) is 0.240. The first-order valence-electron chi connectivity index (χ1n) is 10.7. The summed E-state index contributed by atoms with van der Waals surface area (Å²) in [7, 11) is 1.79. The standard InChI is InChI=1S/C25H29N7.HI/c1-19-24(20(2)32(30-19)23-12-5-4-6-13-23)17-28-25(26-3)27-16-21-10-7-8-11-22(21)18-31-15-9-14-29-31;/h4-15H,16-18H2,1-3H3,(H2,26,27,28);1H. The van der Waals surface area contributed by atoms with E-state index in [1.165, 1.54) is 16.7 Å². The zero-order valence-electron chi connectivity index (χ0n) is 19.2. The summed E-state index contributed by atoms with van der Waals surface area (Å²) >= 11 is 0. The van der Waals surface area contributed by atoms with Gasteiger partial charge in [0.05, 0.1) is 17.9 Å². The second-order valence-electron chi connectivity index (χ2n) is 7.65. The molecular formula is C25H30IN7. The molecule has 7 nitrogen and oxygen atoms in total. The molecule has 0 fully saturated rings. The molecule has 0 saturated heterocycles. The van der Waals surface area contributed by atoms with Gasteiger partial charge >= 0.3 is 0 Å². The minimum absolute atomic E-state index is 0. The highest BCUT2D eigenvalue weighted by molar-refractivity contribution is 14.0. The van der Waals surface area contributed by atoms with E-state index in [4.69, 9.17) is 5.10 Å². The molecule has 2 heterocycles. The summed E-state index contributed by atoms with van der Waals surface area (Å²) in [4.78, 5) is 4.40. The quantitative estimate of drug-likeness (QED) is 0.204. The number of hydrogen-bond acceptors (Lipinski definition) is 3. The second kappa shape index (κ2) is 11.6. The summed E-state index contributed by atoms with van der Waals surface area (Å²) in [6.07, 6.45) is 3.78. The van der Waals surface area contributed by atoms with Crippen molar-refractivity contribution in [2.75, 3.05) is 7.05 Å². The van der Waals surface area contributed by atoms with Crippen molar-refractivity contribution in [3.05, 3.63) is 101 Å². The highest BCUT2D eigenvalue weighted by Gasteiger charge is 2.13. The molecule has 2 N–H and O–H groups in total. The van der Waals surface area contributed by atoms with E-state index in [1.54, 1.807) is 13.2 Å². The normalized spacial score (nSPS) is 11.2. The van der Waals surface area contributed by atoms with Gasteiger partial charge in [-0.15, -0.1) is 24.0 Å². The number of rotatable bonds is 7. The van der Waals surface area contributed by atoms with E-state index in [-0.39, 0.29) is 24.0 Å². The number of benzene rings is 2. The Kier molecular flexibility index (Phi) is 8.65. The summed E-state index contributed by atoms with van der Waals surface area (Å²) in [6, 6.07) is 20.5. The number of nitrogens with zero attached hydrogens (tertiary/aromatic N) is 5. The Morgan fingerprint density at radius 3 is 2.30 bits per heavy atom. The van der Waals surface area contributed by atoms with Crippen LogP contribution in [0.25, 0.3) is 5.69 Å². The maximum Gasteiger partial charge on any atom is 0.191 e. The van der Waals surface area contributed by atoms with E-state index in [0.717, 1.165) is 29.6 Å². The Morgan fingerprint density at radius 1 is 0.909 bits per heavy atom. The summed E-state index contributed by atoms with van der Waals surface area (Å²) in [5, 5.41) is 15.9. The van der Waals surface area contributed by atoms with Gasteiger partial charge in [-0.25, -0.2) is 4.68 Å². The van der Waals surface area contributed by atoms with Crippen molar-refractivity contribution in [2.45, 2.75) is 33.5 Å². The van der Waals surface area contributed by atoms with Gasteiger partial charge in [0.1, 0.15) is 0 Å². The third-order valence-electron chi connectivity index (χ3n) is 5.55. The average molecular weight is 555 g/mol. The van der Waals surface area contributed by atoms with Gasteiger partial charge in [0.15, 0.2) is 5.96 Å². The van der Waals surface area contributed by atoms with Gasteiger partial charge in [-0.1, -0.05) is 42.5 Å². The lowest BCUT2D eigenvalue weighted by molar-refractivity contribution is 0.677. The number of nitrogens with one attached hydrogen (secondary N) is 2. The fourth-order valence-corrected chi connectivity index (χ4v) is 3.78. The molecule has 0 radical (unpaired) electrons. The second-order valence-corrected chi connectivity index (χ2v) is 7.65. The minimum atomic E-state index is 0. The molecule has 0 aliphatic rings. The van der Waals surface area contributed by atoms with Crippen LogP contribution in [-0.4, -0.2) is 32.6 Å². The van der Waals surface area contributed by atoms with Crippen LogP contribution < -0.4 is 10.6 Å².